The first-order valence-electron chi connectivity index (χ1n) is 9.73. The normalized spacial score (nSPS) is 18.7. The van der Waals surface area contributed by atoms with Gasteiger partial charge in [-0.1, -0.05) is 24.8 Å². The van der Waals surface area contributed by atoms with Gasteiger partial charge in [-0.3, -0.25) is 19.3 Å². The Bertz CT molecular complexity index is 1190. The molecule has 2 N–H and O–H groups in total. The van der Waals surface area contributed by atoms with Crippen molar-refractivity contribution in [3.63, 3.8) is 0 Å². The Balaban J connectivity index is 1.35. The number of amides is 3. The van der Waals surface area contributed by atoms with Crippen LogP contribution in [0.5, 0.6) is 0 Å². The van der Waals surface area contributed by atoms with Gasteiger partial charge in [0.1, 0.15) is 17.4 Å². The molecule has 0 saturated carbocycles. The van der Waals surface area contributed by atoms with Crippen molar-refractivity contribution in [3.8, 4) is 0 Å². The number of para-hydroxylation sites is 1. The van der Waals surface area contributed by atoms with Crippen molar-refractivity contribution in [1.82, 2.24) is 10.2 Å². The summed E-state index contributed by atoms with van der Waals surface area (Å²) in [5.74, 6) is -0.495. The lowest BCUT2D eigenvalue weighted by Crippen LogP contribution is -2.51. The minimum Gasteiger partial charge on any atom is -0.459 e. The Hall–Kier alpha value is -3.87. The van der Waals surface area contributed by atoms with E-state index in [0.29, 0.717) is 41.9 Å². The summed E-state index contributed by atoms with van der Waals surface area (Å²) in [5.41, 5.74) is 2.72. The molecule has 1 fully saturated rings. The van der Waals surface area contributed by atoms with Crippen molar-refractivity contribution < 1.29 is 18.8 Å². The van der Waals surface area contributed by atoms with Crippen LogP contribution >= 0.6 is 0 Å². The lowest BCUT2D eigenvalue weighted by atomic mass is 10.0. The molecule has 1 atom stereocenters. The van der Waals surface area contributed by atoms with E-state index in [4.69, 9.17) is 4.42 Å². The van der Waals surface area contributed by atoms with E-state index >= 15 is 0 Å². The third kappa shape index (κ3) is 2.95. The maximum absolute atomic E-state index is 12.9. The van der Waals surface area contributed by atoms with Gasteiger partial charge < -0.3 is 15.1 Å². The number of furan rings is 1. The SMILES string of the molecule is C=C1CCC(N2C(=O)c3ccc(NCc4cc5ccccc5o4)cc3C2=O)C(=O)N1. The maximum Gasteiger partial charge on any atom is 0.262 e. The van der Waals surface area contributed by atoms with Crippen molar-refractivity contribution in [2.24, 2.45) is 0 Å². The topological polar surface area (TPSA) is 91.7 Å². The molecule has 0 aliphatic carbocycles. The third-order valence-electron chi connectivity index (χ3n) is 5.50. The highest BCUT2D eigenvalue weighted by atomic mass is 16.3. The Kier molecular flexibility index (Phi) is 4.17. The number of nitrogens with zero attached hydrogens (tertiary/aromatic N) is 1. The van der Waals surface area contributed by atoms with Crippen LogP contribution in [0.4, 0.5) is 5.69 Å². The van der Waals surface area contributed by atoms with Crippen LogP contribution in [0.2, 0.25) is 0 Å². The predicted molar refractivity (Wildman–Crippen MR) is 111 cm³/mol. The molecule has 7 heteroatoms. The van der Waals surface area contributed by atoms with E-state index < -0.39 is 17.9 Å². The minimum absolute atomic E-state index is 0.298. The fraction of sp³-hybridized carbons (Fsp3) is 0.174. The summed E-state index contributed by atoms with van der Waals surface area (Å²) in [5, 5.41) is 6.88. The average Bonchev–Trinajstić information content (AvgIpc) is 3.26. The Morgan fingerprint density at radius 2 is 1.87 bits per heavy atom. The number of hydrogen-bond acceptors (Lipinski definition) is 5. The molecule has 2 aromatic carbocycles. The number of benzene rings is 2. The van der Waals surface area contributed by atoms with Crippen molar-refractivity contribution >= 4 is 34.4 Å². The predicted octanol–water partition coefficient (Wildman–Crippen LogP) is 3.43. The van der Waals surface area contributed by atoms with Crippen molar-refractivity contribution in [1.29, 1.82) is 0 Å². The van der Waals surface area contributed by atoms with Crippen LogP contribution in [0.15, 0.2) is 65.2 Å². The second-order valence-electron chi connectivity index (χ2n) is 7.49. The number of rotatable bonds is 4. The molecular formula is C23H19N3O4. The molecule has 0 bridgehead atoms. The summed E-state index contributed by atoms with van der Waals surface area (Å²) in [7, 11) is 0. The summed E-state index contributed by atoms with van der Waals surface area (Å²) in [4.78, 5) is 39.1. The molecule has 5 rings (SSSR count). The third-order valence-corrected chi connectivity index (χ3v) is 5.50. The molecule has 3 amide bonds. The van der Waals surface area contributed by atoms with E-state index in [1.54, 1.807) is 18.2 Å². The van der Waals surface area contributed by atoms with Crippen LogP contribution in [-0.2, 0) is 11.3 Å². The number of anilines is 1. The number of fused-ring (bicyclic) bond motifs is 2. The molecule has 3 aromatic rings. The number of carbonyl (C=O) groups excluding carboxylic acids is 3. The zero-order valence-electron chi connectivity index (χ0n) is 16.1. The van der Waals surface area contributed by atoms with Gasteiger partial charge >= 0.3 is 0 Å². The second kappa shape index (κ2) is 6.88. The number of allylic oxidation sites excluding steroid dienone is 1. The quantitative estimate of drug-likeness (QED) is 0.654. The van der Waals surface area contributed by atoms with E-state index in [1.165, 1.54) is 0 Å². The average molecular weight is 401 g/mol. The second-order valence-corrected chi connectivity index (χ2v) is 7.49. The number of carbonyl (C=O) groups is 3. The Labute approximate surface area is 172 Å². The van der Waals surface area contributed by atoms with Gasteiger partial charge in [0.25, 0.3) is 11.8 Å². The van der Waals surface area contributed by atoms with Crippen molar-refractivity contribution in [2.45, 2.75) is 25.4 Å². The van der Waals surface area contributed by atoms with E-state index in [-0.39, 0.29) is 5.91 Å². The molecule has 7 nitrogen and oxygen atoms in total. The molecule has 3 heterocycles. The first-order valence-corrected chi connectivity index (χ1v) is 9.73. The largest absolute Gasteiger partial charge is 0.459 e. The molecule has 1 unspecified atom stereocenters. The summed E-state index contributed by atoms with van der Waals surface area (Å²) >= 11 is 0. The standard InChI is InChI=1S/C23H19N3O4/c1-13-6-9-19(21(27)25-13)26-22(28)17-8-7-15(11-18(17)23(26)29)24-12-16-10-14-4-2-3-5-20(14)30-16/h2-5,7-8,10-11,19,24H,1,6,9,12H2,(H,25,27). The Morgan fingerprint density at radius 1 is 1.07 bits per heavy atom. The van der Waals surface area contributed by atoms with Gasteiger partial charge in [-0.05, 0) is 43.2 Å². The molecule has 2 aliphatic rings. The fourth-order valence-electron chi connectivity index (χ4n) is 3.97. The molecule has 2 aliphatic heterocycles. The number of nitrogens with one attached hydrogen (secondary N) is 2. The summed E-state index contributed by atoms with van der Waals surface area (Å²) in [6, 6.07) is 13.9. The molecular weight excluding hydrogens is 382 g/mol. The zero-order valence-corrected chi connectivity index (χ0v) is 16.1. The van der Waals surface area contributed by atoms with E-state index in [0.717, 1.165) is 21.6 Å². The maximum atomic E-state index is 12.9. The Morgan fingerprint density at radius 3 is 2.67 bits per heavy atom. The molecule has 0 radical (unpaired) electrons. The van der Waals surface area contributed by atoms with E-state index in [9.17, 15) is 14.4 Å². The monoisotopic (exact) mass is 401 g/mol. The van der Waals surface area contributed by atoms with Gasteiger partial charge in [-0.2, -0.15) is 0 Å². The smallest absolute Gasteiger partial charge is 0.262 e. The highest BCUT2D eigenvalue weighted by Crippen LogP contribution is 2.30. The van der Waals surface area contributed by atoms with Gasteiger partial charge in [0, 0.05) is 16.8 Å². The van der Waals surface area contributed by atoms with Gasteiger partial charge in [0.05, 0.1) is 17.7 Å². The molecule has 1 saturated heterocycles. The minimum atomic E-state index is -0.810. The first-order chi connectivity index (χ1) is 14.5. The van der Waals surface area contributed by atoms with Crippen LogP contribution in [0, 0.1) is 0 Å². The van der Waals surface area contributed by atoms with Crippen LogP contribution in [-0.4, -0.2) is 28.7 Å². The van der Waals surface area contributed by atoms with Crippen molar-refractivity contribution in [3.05, 3.63) is 77.7 Å². The highest BCUT2D eigenvalue weighted by Gasteiger charge is 2.43. The number of hydrogen-bond donors (Lipinski definition) is 2. The van der Waals surface area contributed by atoms with Gasteiger partial charge in [-0.15, -0.1) is 0 Å². The lowest BCUT2D eigenvalue weighted by Gasteiger charge is -2.29. The van der Waals surface area contributed by atoms with Crippen LogP contribution in [0.25, 0.3) is 11.0 Å². The number of imide groups is 1. The fourth-order valence-corrected chi connectivity index (χ4v) is 3.97. The summed E-state index contributed by atoms with van der Waals surface area (Å²) in [6.45, 7) is 4.17. The van der Waals surface area contributed by atoms with E-state index in [2.05, 4.69) is 17.2 Å². The molecule has 1 aromatic heterocycles. The highest BCUT2D eigenvalue weighted by molar-refractivity contribution is 6.23. The van der Waals surface area contributed by atoms with Crippen molar-refractivity contribution in [2.75, 3.05) is 5.32 Å². The first kappa shape index (κ1) is 18.2. The molecule has 30 heavy (non-hydrogen) atoms. The molecule has 150 valence electrons. The lowest BCUT2D eigenvalue weighted by molar-refractivity contribution is -0.125. The van der Waals surface area contributed by atoms with E-state index in [1.807, 2.05) is 30.3 Å². The summed E-state index contributed by atoms with van der Waals surface area (Å²) < 4.78 is 5.79. The summed E-state index contributed by atoms with van der Waals surface area (Å²) in [6.07, 6.45) is 0.918. The van der Waals surface area contributed by atoms with Gasteiger partial charge in [0.15, 0.2) is 0 Å². The van der Waals surface area contributed by atoms with Crippen LogP contribution in [0.1, 0.15) is 39.3 Å². The van der Waals surface area contributed by atoms with Crippen LogP contribution in [0.3, 0.4) is 0 Å². The van der Waals surface area contributed by atoms with Gasteiger partial charge in [0.2, 0.25) is 5.91 Å². The molecule has 0 spiro atoms. The van der Waals surface area contributed by atoms with Gasteiger partial charge in [-0.25, -0.2) is 0 Å². The number of piperidine rings is 1. The van der Waals surface area contributed by atoms with Crippen LogP contribution < -0.4 is 10.6 Å². The zero-order chi connectivity index (χ0) is 20.8.